The van der Waals surface area contributed by atoms with Gasteiger partial charge in [0.05, 0.1) is 6.61 Å². The van der Waals surface area contributed by atoms with Crippen molar-refractivity contribution in [3.05, 3.63) is 29.3 Å². The van der Waals surface area contributed by atoms with Crippen molar-refractivity contribution in [3.63, 3.8) is 0 Å². The predicted octanol–water partition coefficient (Wildman–Crippen LogP) is 2.32. The van der Waals surface area contributed by atoms with E-state index in [-0.39, 0.29) is 0 Å². The number of nitrogens with two attached hydrogens (primary N) is 1. The Morgan fingerprint density at radius 2 is 2.28 bits per heavy atom. The van der Waals surface area contributed by atoms with Crippen LogP contribution >= 0.6 is 0 Å². The molecule has 1 aliphatic heterocycles. The minimum absolute atomic E-state index is 0.542. The molecule has 1 aromatic carbocycles. The van der Waals surface area contributed by atoms with Crippen molar-refractivity contribution in [2.75, 3.05) is 20.2 Å². The van der Waals surface area contributed by atoms with Crippen molar-refractivity contribution in [1.29, 1.82) is 0 Å². The Hall–Kier alpha value is -1.06. The van der Waals surface area contributed by atoms with Gasteiger partial charge in [0.15, 0.2) is 0 Å². The Bertz CT molecular complexity index is 392. The van der Waals surface area contributed by atoms with Crippen LogP contribution in [0, 0.1) is 6.92 Å². The van der Waals surface area contributed by atoms with Crippen molar-refractivity contribution in [2.24, 2.45) is 5.73 Å². The lowest BCUT2D eigenvalue weighted by molar-refractivity contribution is 0.231. The van der Waals surface area contributed by atoms with Gasteiger partial charge >= 0.3 is 0 Å². The molecule has 1 unspecified atom stereocenters. The van der Waals surface area contributed by atoms with E-state index in [9.17, 15) is 0 Å². The molecule has 2 rings (SSSR count). The van der Waals surface area contributed by atoms with E-state index in [1.54, 1.807) is 0 Å². The molecule has 1 saturated heterocycles. The first-order valence-corrected chi connectivity index (χ1v) is 6.84. The van der Waals surface area contributed by atoms with Crippen molar-refractivity contribution in [2.45, 2.75) is 38.8 Å². The smallest absolute Gasteiger partial charge is 0.126 e. The summed E-state index contributed by atoms with van der Waals surface area (Å²) >= 11 is 0. The van der Waals surface area contributed by atoms with Gasteiger partial charge in [0.1, 0.15) is 5.75 Å². The monoisotopic (exact) mass is 248 g/mol. The fraction of sp³-hybridized carbons (Fsp3) is 0.600. The number of nitrogens with zero attached hydrogens (tertiary/aromatic N) is 1. The standard InChI is InChI=1S/C15H24N2O/c1-12-5-3-6-13(11-16)15(12)18-10-8-14-7-4-9-17(14)2/h3,5-6,14H,4,7-11,16H2,1-2H3. The Kier molecular flexibility index (Phi) is 4.61. The average Bonchev–Trinajstić information content (AvgIpc) is 2.77. The third-order valence-corrected chi connectivity index (χ3v) is 3.88. The Morgan fingerprint density at radius 1 is 1.44 bits per heavy atom. The molecule has 1 aliphatic rings. The molecule has 0 saturated carbocycles. The molecule has 0 radical (unpaired) electrons. The van der Waals surface area contributed by atoms with Crippen LogP contribution in [-0.4, -0.2) is 31.1 Å². The fourth-order valence-corrected chi connectivity index (χ4v) is 2.72. The molecule has 0 spiro atoms. The van der Waals surface area contributed by atoms with E-state index in [1.165, 1.54) is 24.9 Å². The zero-order chi connectivity index (χ0) is 13.0. The van der Waals surface area contributed by atoms with E-state index in [0.29, 0.717) is 12.6 Å². The van der Waals surface area contributed by atoms with Crippen LogP contribution in [0.15, 0.2) is 18.2 Å². The highest BCUT2D eigenvalue weighted by Crippen LogP contribution is 2.24. The van der Waals surface area contributed by atoms with Crippen LogP contribution in [-0.2, 0) is 6.54 Å². The maximum atomic E-state index is 5.96. The quantitative estimate of drug-likeness (QED) is 0.869. The summed E-state index contributed by atoms with van der Waals surface area (Å²) in [5.74, 6) is 0.987. The zero-order valence-corrected chi connectivity index (χ0v) is 11.5. The van der Waals surface area contributed by atoms with Crippen LogP contribution in [0.4, 0.5) is 0 Å². The van der Waals surface area contributed by atoms with E-state index in [1.807, 2.05) is 12.1 Å². The Morgan fingerprint density at radius 3 is 2.94 bits per heavy atom. The first-order chi connectivity index (χ1) is 8.72. The van der Waals surface area contributed by atoms with Gasteiger partial charge in [-0.1, -0.05) is 18.2 Å². The molecule has 1 aromatic rings. The van der Waals surface area contributed by atoms with Crippen molar-refractivity contribution in [3.8, 4) is 5.75 Å². The number of hydrogen-bond donors (Lipinski definition) is 1. The molecule has 1 fully saturated rings. The Labute approximate surface area is 110 Å². The SMILES string of the molecule is Cc1cccc(CN)c1OCCC1CCCN1C. The molecule has 3 nitrogen and oxygen atoms in total. The predicted molar refractivity (Wildman–Crippen MR) is 74.8 cm³/mol. The Balaban J connectivity index is 1.90. The lowest BCUT2D eigenvalue weighted by atomic mass is 10.1. The van der Waals surface area contributed by atoms with Crippen LogP contribution in [0.2, 0.25) is 0 Å². The first-order valence-electron chi connectivity index (χ1n) is 6.84. The number of likely N-dealkylation sites (tertiary alicyclic amines) is 1. The number of benzene rings is 1. The van der Waals surface area contributed by atoms with Crippen LogP contribution in [0.1, 0.15) is 30.4 Å². The molecule has 0 aliphatic carbocycles. The molecule has 3 heteroatoms. The molecule has 0 aromatic heterocycles. The lowest BCUT2D eigenvalue weighted by Gasteiger charge is -2.20. The summed E-state index contributed by atoms with van der Waals surface area (Å²) in [4.78, 5) is 2.44. The van der Waals surface area contributed by atoms with Gasteiger partial charge in [-0.3, -0.25) is 0 Å². The molecule has 0 amide bonds. The van der Waals surface area contributed by atoms with Gasteiger partial charge in [0, 0.05) is 18.2 Å². The van der Waals surface area contributed by atoms with Gasteiger partial charge in [-0.15, -0.1) is 0 Å². The molecule has 100 valence electrons. The van der Waals surface area contributed by atoms with Crippen LogP contribution in [0.5, 0.6) is 5.75 Å². The molecular formula is C15H24N2O. The third-order valence-electron chi connectivity index (χ3n) is 3.88. The molecule has 1 atom stereocenters. The highest BCUT2D eigenvalue weighted by molar-refractivity contribution is 5.40. The summed E-state index contributed by atoms with van der Waals surface area (Å²) in [6.07, 6.45) is 3.73. The number of rotatable bonds is 5. The summed E-state index contributed by atoms with van der Waals surface area (Å²) in [6, 6.07) is 6.85. The molecule has 0 bridgehead atoms. The topological polar surface area (TPSA) is 38.5 Å². The first kappa shape index (κ1) is 13.4. The van der Waals surface area contributed by atoms with E-state index in [0.717, 1.165) is 24.3 Å². The highest BCUT2D eigenvalue weighted by atomic mass is 16.5. The van der Waals surface area contributed by atoms with Crippen molar-refractivity contribution in [1.82, 2.24) is 4.90 Å². The normalized spacial score (nSPS) is 20.3. The van der Waals surface area contributed by atoms with Gasteiger partial charge in [-0.25, -0.2) is 0 Å². The largest absolute Gasteiger partial charge is 0.493 e. The van der Waals surface area contributed by atoms with Gasteiger partial charge in [-0.05, 0) is 45.3 Å². The maximum Gasteiger partial charge on any atom is 0.126 e. The van der Waals surface area contributed by atoms with E-state index < -0.39 is 0 Å². The summed E-state index contributed by atoms with van der Waals surface area (Å²) in [5.41, 5.74) is 8.03. The van der Waals surface area contributed by atoms with E-state index in [2.05, 4.69) is 24.9 Å². The zero-order valence-electron chi connectivity index (χ0n) is 11.5. The number of aryl methyl sites for hydroxylation is 1. The van der Waals surface area contributed by atoms with Gasteiger partial charge in [-0.2, -0.15) is 0 Å². The maximum absolute atomic E-state index is 5.96. The third kappa shape index (κ3) is 3.03. The van der Waals surface area contributed by atoms with Crippen molar-refractivity contribution < 1.29 is 4.74 Å². The second-order valence-electron chi connectivity index (χ2n) is 5.18. The van der Waals surface area contributed by atoms with Gasteiger partial charge < -0.3 is 15.4 Å². The number of para-hydroxylation sites is 1. The van der Waals surface area contributed by atoms with Crippen LogP contribution in [0.25, 0.3) is 0 Å². The highest BCUT2D eigenvalue weighted by Gasteiger charge is 2.20. The lowest BCUT2D eigenvalue weighted by Crippen LogP contribution is -2.26. The summed E-state index contributed by atoms with van der Waals surface area (Å²) < 4.78 is 5.96. The van der Waals surface area contributed by atoms with E-state index in [4.69, 9.17) is 10.5 Å². The molecule has 2 N–H and O–H groups in total. The second kappa shape index (κ2) is 6.21. The number of ether oxygens (including phenoxy) is 1. The van der Waals surface area contributed by atoms with Crippen molar-refractivity contribution >= 4 is 0 Å². The van der Waals surface area contributed by atoms with Gasteiger partial charge in [0.25, 0.3) is 0 Å². The molecule has 1 heterocycles. The summed E-state index contributed by atoms with van der Waals surface area (Å²) in [6.45, 7) is 4.63. The number of hydrogen-bond acceptors (Lipinski definition) is 3. The van der Waals surface area contributed by atoms with E-state index >= 15 is 0 Å². The fourth-order valence-electron chi connectivity index (χ4n) is 2.72. The van der Waals surface area contributed by atoms with Crippen LogP contribution in [0.3, 0.4) is 0 Å². The molecule has 18 heavy (non-hydrogen) atoms. The minimum atomic E-state index is 0.542. The second-order valence-corrected chi connectivity index (χ2v) is 5.18. The minimum Gasteiger partial charge on any atom is -0.493 e. The molecular weight excluding hydrogens is 224 g/mol. The van der Waals surface area contributed by atoms with Gasteiger partial charge in [0.2, 0.25) is 0 Å². The average molecular weight is 248 g/mol. The van der Waals surface area contributed by atoms with Crippen LogP contribution < -0.4 is 10.5 Å². The summed E-state index contributed by atoms with van der Waals surface area (Å²) in [7, 11) is 2.21. The summed E-state index contributed by atoms with van der Waals surface area (Å²) in [5, 5.41) is 0.